The highest BCUT2D eigenvalue weighted by molar-refractivity contribution is 7.93. The van der Waals surface area contributed by atoms with Crippen molar-refractivity contribution in [2.45, 2.75) is 57.4 Å². The van der Waals surface area contributed by atoms with E-state index in [1.165, 1.54) is 18.4 Å². The molecule has 0 spiro atoms. The van der Waals surface area contributed by atoms with Crippen molar-refractivity contribution in [3.8, 4) is 0 Å². The standard InChI is InChI=1S/C17H23NO2S/c19-21(20,18-16-9-3-1-2-4-10-16)17-12-11-14-7-5-6-8-15(14)13-17/h5-8,13,16,18H,1-4,9-12H2. The Bertz CT molecular complexity index is 626. The number of hydrogen-bond acceptors (Lipinski definition) is 2. The summed E-state index contributed by atoms with van der Waals surface area (Å²) in [7, 11) is -3.33. The maximum Gasteiger partial charge on any atom is 0.236 e. The van der Waals surface area contributed by atoms with E-state index in [4.69, 9.17) is 0 Å². The average molecular weight is 305 g/mol. The molecule has 0 unspecified atom stereocenters. The van der Waals surface area contributed by atoms with Crippen LogP contribution in [0.25, 0.3) is 6.08 Å². The van der Waals surface area contributed by atoms with Gasteiger partial charge in [-0.1, -0.05) is 49.9 Å². The molecule has 2 aliphatic carbocycles. The lowest BCUT2D eigenvalue weighted by atomic mass is 9.98. The lowest BCUT2D eigenvalue weighted by Crippen LogP contribution is -2.35. The first-order chi connectivity index (χ1) is 10.1. The Kier molecular flexibility index (Phi) is 4.45. The van der Waals surface area contributed by atoms with Crippen molar-refractivity contribution in [3.63, 3.8) is 0 Å². The molecule has 1 N–H and O–H groups in total. The Labute approximate surface area is 127 Å². The highest BCUT2D eigenvalue weighted by Gasteiger charge is 2.25. The highest BCUT2D eigenvalue weighted by atomic mass is 32.2. The summed E-state index contributed by atoms with van der Waals surface area (Å²) in [5.74, 6) is 0. The Morgan fingerprint density at radius 1 is 0.952 bits per heavy atom. The van der Waals surface area contributed by atoms with Gasteiger partial charge in [0.25, 0.3) is 0 Å². The Balaban J connectivity index is 1.77. The van der Waals surface area contributed by atoms with Crippen LogP contribution in [0.3, 0.4) is 0 Å². The van der Waals surface area contributed by atoms with E-state index in [1.807, 2.05) is 24.3 Å². The van der Waals surface area contributed by atoms with Gasteiger partial charge in [-0.25, -0.2) is 13.1 Å². The largest absolute Gasteiger partial charge is 0.236 e. The van der Waals surface area contributed by atoms with Gasteiger partial charge >= 0.3 is 0 Å². The van der Waals surface area contributed by atoms with Crippen LogP contribution >= 0.6 is 0 Å². The van der Waals surface area contributed by atoms with E-state index in [0.717, 1.165) is 37.7 Å². The summed E-state index contributed by atoms with van der Waals surface area (Å²) in [6.07, 6.45) is 9.95. The zero-order valence-corrected chi connectivity index (χ0v) is 13.2. The number of sulfonamides is 1. The van der Waals surface area contributed by atoms with Gasteiger partial charge in [0.1, 0.15) is 0 Å². The van der Waals surface area contributed by atoms with E-state index in [1.54, 1.807) is 0 Å². The summed E-state index contributed by atoms with van der Waals surface area (Å²) in [5, 5.41) is 0. The predicted molar refractivity (Wildman–Crippen MR) is 86.3 cm³/mol. The Hall–Kier alpha value is -1.13. The molecule has 0 atom stereocenters. The van der Waals surface area contributed by atoms with Crippen molar-refractivity contribution in [1.29, 1.82) is 0 Å². The molecule has 1 aromatic rings. The number of allylic oxidation sites excluding steroid dienone is 1. The molecular weight excluding hydrogens is 282 g/mol. The lowest BCUT2D eigenvalue weighted by Gasteiger charge is -2.21. The average Bonchev–Trinajstić information content (AvgIpc) is 2.75. The second-order valence-corrected chi connectivity index (χ2v) is 7.89. The molecule has 1 saturated carbocycles. The maximum atomic E-state index is 12.6. The smallest absolute Gasteiger partial charge is 0.208 e. The van der Waals surface area contributed by atoms with Crippen LogP contribution < -0.4 is 4.72 Å². The molecule has 0 amide bonds. The fraction of sp³-hybridized carbons (Fsp3) is 0.529. The Morgan fingerprint density at radius 3 is 2.43 bits per heavy atom. The normalized spacial score (nSPS) is 20.5. The summed E-state index contributed by atoms with van der Waals surface area (Å²) in [4.78, 5) is 0.547. The molecule has 1 fully saturated rings. The second-order valence-electron chi connectivity index (χ2n) is 6.12. The van der Waals surface area contributed by atoms with Crippen LogP contribution in [0.4, 0.5) is 0 Å². The SMILES string of the molecule is O=S(=O)(NC1CCCCCC1)C1=Cc2ccccc2CC1. The van der Waals surface area contributed by atoms with Crippen molar-refractivity contribution < 1.29 is 8.42 Å². The van der Waals surface area contributed by atoms with Crippen molar-refractivity contribution >= 4 is 16.1 Å². The van der Waals surface area contributed by atoms with Crippen LogP contribution in [0.5, 0.6) is 0 Å². The molecule has 0 bridgehead atoms. The molecule has 0 aliphatic heterocycles. The molecule has 114 valence electrons. The summed E-state index contributed by atoms with van der Waals surface area (Å²) < 4.78 is 28.1. The van der Waals surface area contributed by atoms with Crippen molar-refractivity contribution in [2.24, 2.45) is 0 Å². The van der Waals surface area contributed by atoms with Gasteiger partial charge in [0, 0.05) is 6.04 Å². The van der Waals surface area contributed by atoms with Crippen molar-refractivity contribution in [1.82, 2.24) is 4.72 Å². The van der Waals surface area contributed by atoms with Crippen molar-refractivity contribution in [2.75, 3.05) is 0 Å². The zero-order valence-electron chi connectivity index (χ0n) is 12.3. The molecule has 0 saturated heterocycles. The van der Waals surface area contributed by atoms with Crippen LogP contribution in [0.2, 0.25) is 0 Å². The van der Waals surface area contributed by atoms with E-state index in [9.17, 15) is 8.42 Å². The minimum atomic E-state index is -3.33. The van der Waals surface area contributed by atoms with Gasteiger partial charge in [-0.3, -0.25) is 0 Å². The molecule has 4 heteroatoms. The first kappa shape index (κ1) is 14.8. The summed E-state index contributed by atoms with van der Waals surface area (Å²) >= 11 is 0. The first-order valence-corrected chi connectivity index (χ1v) is 9.44. The molecule has 0 radical (unpaired) electrons. The topological polar surface area (TPSA) is 46.2 Å². The Morgan fingerprint density at radius 2 is 1.67 bits per heavy atom. The maximum absolute atomic E-state index is 12.6. The van der Waals surface area contributed by atoms with Gasteiger partial charge in [-0.2, -0.15) is 0 Å². The predicted octanol–water partition coefficient (Wildman–Crippen LogP) is 3.62. The molecule has 0 heterocycles. The van der Waals surface area contributed by atoms with Crippen LogP contribution in [0.1, 0.15) is 56.1 Å². The highest BCUT2D eigenvalue weighted by Crippen LogP contribution is 2.27. The minimum Gasteiger partial charge on any atom is -0.208 e. The van der Waals surface area contributed by atoms with E-state index in [2.05, 4.69) is 10.8 Å². The van der Waals surface area contributed by atoms with Crippen LogP contribution in [-0.2, 0) is 16.4 Å². The number of fused-ring (bicyclic) bond motifs is 1. The van der Waals surface area contributed by atoms with Crippen LogP contribution in [0, 0.1) is 0 Å². The molecule has 1 aromatic carbocycles. The van der Waals surface area contributed by atoms with E-state index in [0.29, 0.717) is 11.3 Å². The van der Waals surface area contributed by atoms with E-state index >= 15 is 0 Å². The first-order valence-electron chi connectivity index (χ1n) is 7.96. The third-order valence-electron chi connectivity index (χ3n) is 4.53. The second kappa shape index (κ2) is 6.32. The van der Waals surface area contributed by atoms with Gasteiger partial charge in [0.05, 0.1) is 4.91 Å². The van der Waals surface area contributed by atoms with Crippen LogP contribution in [0.15, 0.2) is 29.2 Å². The summed E-state index contributed by atoms with van der Waals surface area (Å²) in [6, 6.07) is 8.17. The quantitative estimate of drug-likeness (QED) is 0.867. The minimum absolute atomic E-state index is 0.121. The van der Waals surface area contributed by atoms with Gasteiger partial charge < -0.3 is 0 Å². The molecule has 2 aliphatic rings. The molecular formula is C17H23NO2S. The monoisotopic (exact) mass is 305 g/mol. The number of aryl methyl sites for hydroxylation is 1. The molecule has 3 rings (SSSR count). The van der Waals surface area contributed by atoms with Crippen molar-refractivity contribution in [3.05, 3.63) is 40.3 Å². The molecule has 21 heavy (non-hydrogen) atoms. The number of benzene rings is 1. The van der Waals surface area contributed by atoms with Gasteiger partial charge in [-0.05, 0) is 42.9 Å². The number of nitrogens with one attached hydrogen (secondary N) is 1. The molecule has 3 nitrogen and oxygen atoms in total. The third kappa shape index (κ3) is 3.55. The fourth-order valence-corrected chi connectivity index (χ4v) is 4.79. The zero-order chi connectivity index (χ0) is 14.7. The van der Waals surface area contributed by atoms with Gasteiger partial charge in [-0.15, -0.1) is 0 Å². The number of rotatable bonds is 3. The number of hydrogen-bond donors (Lipinski definition) is 1. The van der Waals surface area contributed by atoms with Crippen LogP contribution in [-0.4, -0.2) is 14.5 Å². The lowest BCUT2D eigenvalue weighted by molar-refractivity contribution is 0.512. The summed E-state index contributed by atoms with van der Waals surface area (Å²) in [5.41, 5.74) is 2.29. The summed E-state index contributed by atoms with van der Waals surface area (Å²) in [6.45, 7) is 0. The fourth-order valence-electron chi connectivity index (χ4n) is 3.31. The third-order valence-corrected chi connectivity index (χ3v) is 6.19. The van der Waals surface area contributed by atoms with E-state index < -0.39 is 10.0 Å². The van der Waals surface area contributed by atoms with Gasteiger partial charge in [0.2, 0.25) is 10.0 Å². The van der Waals surface area contributed by atoms with E-state index in [-0.39, 0.29) is 6.04 Å². The van der Waals surface area contributed by atoms with Gasteiger partial charge in [0.15, 0.2) is 0 Å². The molecule has 0 aromatic heterocycles.